The second-order valence-electron chi connectivity index (χ2n) is 16.2. The molecule has 0 rings (SSSR count). The number of esters is 1. The van der Waals surface area contributed by atoms with E-state index in [-0.39, 0.29) is 13.0 Å². The molecule has 10 nitrogen and oxygen atoms in total. The topological polar surface area (TPSA) is 155 Å². The highest BCUT2D eigenvalue weighted by molar-refractivity contribution is 7.47. The fraction of sp³-hybridized carbons (Fsp3) is 0.692. The zero-order valence-electron chi connectivity index (χ0n) is 39.6. The van der Waals surface area contributed by atoms with E-state index in [9.17, 15) is 19.0 Å². The van der Waals surface area contributed by atoms with Gasteiger partial charge in [0.05, 0.1) is 19.8 Å². The van der Waals surface area contributed by atoms with Crippen LogP contribution in [0.2, 0.25) is 0 Å². The van der Waals surface area contributed by atoms with Crippen molar-refractivity contribution in [2.24, 2.45) is 5.73 Å². The van der Waals surface area contributed by atoms with E-state index in [1.807, 2.05) is 0 Å². The first kappa shape index (κ1) is 60.2. The molecule has 3 atom stereocenters. The zero-order valence-corrected chi connectivity index (χ0v) is 40.5. The van der Waals surface area contributed by atoms with Crippen LogP contribution >= 0.6 is 7.82 Å². The summed E-state index contributed by atoms with van der Waals surface area (Å²) in [6.07, 6.45) is 60.6. The lowest BCUT2D eigenvalue weighted by molar-refractivity contribution is -0.154. The van der Waals surface area contributed by atoms with E-state index in [0.717, 1.165) is 103 Å². The standard InChI is InChI=1S/C52H90NO9P/c1-3-5-7-9-11-13-15-17-19-21-23-24-25-27-29-31-33-35-37-39-41-43-45-59-46-49(47-60-63(57,58)61-48-50(53)52(55)56)62-51(54)44-42-40-38-36-34-32-30-28-26-22-20-18-16-14-12-10-8-6-4-2/h6,8,12,14-15,17-18,20-21,23,25-28,49-50H,3-5,7,9-11,13,16,19,22,24,29-48,53H2,1-2H3,(H,55,56)(H,57,58)/b8-6-,14-12-,17-15-,20-18-,23-21-,27-25-,28-26-. The predicted octanol–water partition coefficient (Wildman–Crippen LogP) is 14.3. The van der Waals surface area contributed by atoms with Crippen LogP contribution in [0.1, 0.15) is 194 Å². The fourth-order valence-corrected chi connectivity index (χ4v) is 7.14. The summed E-state index contributed by atoms with van der Waals surface area (Å²) in [5, 5.41) is 8.92. The Balaban J connectivity index is 4.24. The summed E-state index contributed by atoms with van der Waals surface area (Å²) >= 11 is 0. The summed E-state index contributed by atoms with van der Waals surface area (Å²) in [7, 11) is -4.63. The minimum Gasteiger partial charge on any atom is -0.480 e. The zero-order chi connectivity index (χ0) is 46.2. The first-order chi connectivity index (χ1) is 30.7. The molecule has 0 aliphatic heterocycles. The quantitative estimate of drug-likeness (QED) is 0.0233. The van der Waals surface area contributed by atoms with Crippen molar-refractivity contribution in [3.8, 4) is 0 Å². The molecule has 0 spiro atoms. The van der Waals surface area contributed by atoms with Crippen molar-refractivity contribution in [1.82, 2.24) is 0 Å². The Bertz CT molecular complexity index is 1320. The highest BCUT2D eigenvalue weighted by Gasteiger charge is 2.27. The largest absolute Gasteiger partial charge is 0.480 e. The first-order valence-electron chi connectivity index (χ1n) is 24.6. The van der Waals surface area contributed by atoms with Crippen LogP contribution in [-0.2, 0) is 32.7 Å². The number of nitrogens with two attached hydrogens (primary N) is 1. The fourth-order valence-electron chi connectivity index (χ4n) is 6.37. The Morgan fingerprint density at radius 2 is 0.921 bits per heavy atom. The lowest BCUT2D eigenvalue weighted by Gasteiger charge is -2.20. The normalized spacial score (nSPS) is 14.5. The van der Waals surface area contributed by atoms with Crippen LogP contribution in [0.5, 0.6) is 0 Å². The number of carboxylic acid groups (broad SMARTS) is 1. The van der Waals surface area contributed by atoms with Crippen molar-refractivity contribution >= 4 is 19.8 Å². The summed E-state index contributed by atoms with van der Waals surface area (Å²) in [5.41, 5.74) is 5.37. The van der Waals surface area contributed by atoms with Gasteiger partial charge in [-0.1, -0.05) is 182 Å². The number of hydrogen-bond donors (Lipinski definition) is 3. The molecule has 0 saturated carbocycles. The lowest BCUT2D eigenvalue weighted by Crippen LogP contribution is -2.34. The molecule has 11 heteroatoms. The van der Waals surface area contributed by atoms with Gasteiger partial charge in [0, 0.05) is 13.0 Å². The molecule has 0 aliphatic carbocycles. The number of aliphatic carboxylic acids is 1. The molecule has 0 aromatic rings. The molecule has 63 heavy (non-hydrogen) atoms. The molecular formula is C52H90NO9P. The molecule has 3 unspecified atom stereocenters. The van der Waals surface area contributed by atoms with Gasteiger partial charge in [0.2, 0.25) is 0 Å². The maximum Gasteiger partial charge on any atom is 0.472 e. The van der Waals surface area contributed by atoms with E-state index in [2.05, 4.69) is 98.9 Å². The molecule has 0 saturated heterocycles. The van der Waals surface area contributed by atoms with Gasteiger partial charge in [-0.15, -0.1) is 0 Å². The van der Waals surface area contributed by atoms with E-state index in [1.165, 1.54) is 64.2 Å². The number of unbranched alkanes of at least 4 members (excludes halogenated alkanes) is 18. The summed E-state index contributed by atoms with van der Waals surface area (Å²) in [5.74, 6) is -1.80. The molecule has 0 heterocycles. The van der Waals surface area contributed by atoms with Crippen LogP contribution in [0.4, 0.5) is 0 Å². The van der Waals surface area contributed by atoms with Crippen molar-refractivity contribution in [3.63, 3.8) is 0 Å². The van der Waals surface area contributed by atoms with Gasteiger partial charge in [0.15, 0.2) is 0 Å². The van der Waals surface area contributed by atoms with E-state index in [0.29, 0.717) is 13.0 Å². The molecule has 0 amide bonds. The third-order valence-electron chi connectivity index (χ3n) is 10.2. The molecule has 0 radical (unpaired) electrons. The summed E-state index contributed by atoms with van der Waals surface area (Å²) < 4.78 is 33.5. The SMILES string of the molecule is CC/C=C\C/C=C\C/C=C\C/C=C\CCCCCCCCC(=O)OC(COCCCCCCCCC/C=C\C/C=C\C/C=C\CCCCCCC)COP(=O)(O)OCC(N)C(=O)O. The number of carboxylic acids is 1. The molecule has 0 aromatic carbocycles. The Hall–Kier alpha value is -2.85. The van der Waals surface area contributed by atoms with Crippen LogP contribution in [0.25, 0.3) is 0 Å². The van der Waals surface area contributed by atoms with Gasteiger partial charge in [-0.3, -0.25) is 18.6 Å². The van der Waals surface area contributed by atoms with Gasteiger partial charge in [0.1, 0.15) is 12.1 Å². The minimum atomic E-state index is -4.63. The smallest absolute Gasteiger partial charge is 0.472 e. The van der Waals surface area contributed by atoms with E-state index >= 15 is 0 Å². The Morgan fingerprint density at radius 3 is 1.38 bits per heavy atom. The number of carbonyl (C=O) groups excluding carboxylic acids is 1. The third-order valence-corrected chi connectivity index (χ3v) is 11.1. The molecule has 0 bridgehead atoms. The molecule has 362 valence electrons. The van der Waals surface area contributed by atoms with Crippen molar-refractivity contribution in [2.75, 3.05) is 26.4 Å². The number of allylic oxidation sites excluding steroid dienone is 14. The molecule has 4 N–H and O–H groups in total. The second-order valence-corrected chi connectivity index (χ2v) is 17.7. The van der Waals surface area contributed by atoms with Gasteiger partial charge >= 0.3 is 19.8 Å². The number of carbonyl (C=O) groups is 2. The highest BCUT2D eigenvalue weighted by Crippen LogP contribution is 2.43. The number of phosphoric ester groups is 1. The Morgan fingerprint density at radius 1 is 0.524 bits per heavy atom. The average Bonchev–Trinajstić information content (AvgIpc) is 3.26. The van der Waals surface area contributed by atoms with Crippen LogP contribution in [-0.4, -0.2) is 60.5 Å². The van der Waals surface area contributed by atoms with Gasteiger partial charge in [0.25, 0.3) is 0 Å². The van der Waals surface area contributed by atoms with Crippen LogP contribution in [0.15, 0.2) is 85.1 Å². The summed E-state index contributed by atoms with van der Waals surface area (Å²) in [4.78, 5) is 33.7. The van der Waals surface area contributed by atoms with Crippen molar-refractivity contribution in [2.45, 2.75) is 206 Å². The maximum absolute atomic E-state index is 12.7. The first-order valence-corrected chi connectivity index (χ1v) is 26.1. The minimum absolute atomic E-state index is 0.000726. The number of phosphoric acid groups is 1. The van der Waals surface area contributed by atoms with Gasteiger partial charge in [-0.05, 0) is 89.9 Å². The second kappa shape index (κ2) is 47.1. The molecule has 0 fully saturated rings. The van der Waals surface area contributed by atoms with Crippen molar-refractivity contribution < 1.29 is 42.7 Å². The van der Waals surface area contributed by atoms with Crippen molar-refractivity contribution in [3.05, 3.63) is 85.1 Å². The van der Waals surface area contributed by atoms with Crippen LogP contribution in [0.3, 0.4) is 0 Å². The summed E-state index contributed by atoms with van der Waals surface area (Å²) in [6.45, 7) is 3.71. The molecule has 0 aromatic heterocycles. The summed E-state index contributed by atoms with van der Waals surface area (Å²) in [6, 6.07) is -1.48. The van der Waals surface area contributed by atoms with Crippen LogP contribution in [0, 0.1) is 0 Å². The monoisotopic (exact) mass is 904 g/mol. The number of hydrogen-bond acceptors (Lipinski definition) is 8. The maximum atomic E-state index is 12.7. The van der Waals surface area contributed by atoms with Gasteiger partial charge in [-0.2, -0.15) is 0 Å². The van der Waals surface area contributed by atoms with Gasteiger partial charge in [-0.25, -0.2) is 4.57 Å². The van der Waals surface area contributed by atoms with Gasteiger partial charge < -0.3 is 25.2 Å². The third kappa shape index (κ3) is 46.9. The number of ether oxygens (including phenoxy) is 2. The number of rotatable bonds is 46. The average molecular weight is 904 g/mol. The van der Waals surface area contributed by atoms with Crippen LogP contribution < -0.4 is 5.73 Å². The molecule has 0 aliphatic rings. The predicted molar refractivity (Wildman–Crippen MR) is 263 cm³/mol. The van der Waals surface area contributed by atoms with E-state index in [4.69, 9.17) is 29.4 Å². The van der Waals surface area contributed by atoms with E-state index in [1.54, 1.807) is 0 Å². The Kier molecular flexibility index (Phi) is 45.0. The van der Waals surface area contributed by atoms with E-state index < -0.39 is 45.1 Å². The Labute approximate surface area is 384 Å². The van der Waals surface area contributed by atoms with Crippen molar-refractivity contribution in [1.29, 1.82) is 0 Å². The highest BCUT2D eigenvalue weighted by atomic mass is 31.2. The lowest BCUT2D eigenvalue weighted by atomic mass is 10.1. The molecular weight excluding hydrogens is 814 g/mol.